The van der Waals surface area contributed by atoms with Crippen LogP contribution in [0.3, 0.4) is 0 Å². The minimum atomic E-state index is 0.504. The molecule has 1 atom stereocenters. The number of benzene rings is 1. The molecule has 1 N–H and O–H groups in total. The molecular weight excluding hydrogens is 217 g/mol. The third kappa shape index (κ3) is 1.68. The van der Waals surface area contributed by atoms with Gasteiger partial charge in [-0.25, -0.2) is 0 Å². The van der Waals surface area contributed by atoms with E-state index in [1.54, 1.807) is 0 Å². The second kappa shape index (κ2) is 4.20. The van der Waals surface area contributed by atoms with Crippen molar-refractivity contribution in [1.82, 2.24) is 0 Å². The number of nitrogens with one attached hydrogen (secondary N) is 1. The van der Waals surface area contributed by atoms with Gasteiger partial charge in [0.15, 0.2) is 5.58 Å². The quantitative estimate of drug-likeness (QED) is 0.634. The van der Waals surface area contributed by atoms with E-state index in [2.05, 4.69) is 27.4 Å². The molecule has 0 aliphatic heterocycles. The predicted molar refractivity (Wildman–Crippen MR) is 72.4 cm³/mol. The van der Waals surface area contributed by atoms with Gasteiger partial charge in [-0.05, 0) is 30.8 Å². The van der Waals surface area contributed by atoms with Gasteiger partial charge >= 0.3 is 0 Å². The molecule has 0 radical (unpaired) electrons. The van der Waals surface area contributed by atoms with Crippen LogP contribution in [0.2, 0.25) is 0 Å². The highest BCUT2D eigenvalue weighted by Gasteiger charge is 2.12. The van der Waals surface area contributed by atoms with Crippen molar-refractivity contribution in [2.75, 3.05) is 11.9 Å². The van der Waals surface area contributed by atoms with E-state index in [4.69, 9.17) is 10.8 Å². The van der Waals surface area contributed by atoms with Crippen LogP contribution in [-0.4, -0.2) is 6.54 Å². The Morgan fingerprint density at radius 2 is 2.19 bits per heavy atom. The van der Waals surface area contributed by atoms with Crippen LogP contribution in [0.5, 0.6) is 0 Å². The maximum atomic E-state index is 5.76. The third-order valence-electron chi connectivity index (χ3n) is 2.73. The van der Waals surface area contributed by atoms with Gasteiger partial charge in [-0.2, -0.15) is 0 Å². The maximum absolute atomic E-state index is 5.76. The van der Waals surface area contributed by atoms with Crippen LogP contribution in [0.15, 0.2) is 16.5 Å². The smallest absolute Gasteiger partial charge is 0.158 e. The van der Waals surface area contributed by atoms with Gasteiger partial charge in [0.2, 0.25) is 0 Å². The Balaban J connectivity index is 2.65. The van der Waals surface area contributed by atoms with E-state index in [0.29, 0.717) is 6.54 Å². The summed E-state index contributed by atoms with van der Waals surface area (Å²) >= 11 is 0. The van der Waals surface area contributed by atoms with Crippen molar-refractivity contribution in [3.8, 4) is 12.3 Å². The van der Waals surface area contributed by atoms with Crippen molar-refractivity contribution in [1.29, 1.82) is 0 Å². The zero-order valence-electron chi connectivity index (χ0n) is 9.42. The SMILES string of the molecule is C#CCNc1ccc(P)c2c(C)c(C)oc12. The van der Waals surface area contributed by atoms with Gasteiger partial charge in [-0.15, -0.1) is 15.7 Å². The Kier molecular flexibility index (Phi) is 2.90. The molecule has 0 aliphatic carbocycles. The number of hydrogen-bond acceptors (Lipinski definition) is 2. The second-order valence-corrected chi connectivity index (χ2v) is 4.37. The number of rotatable bonds is 2. The van der Waals surface area contributed by atoms with Gasteiger partial charge in [-0.1, -0.05) is 12.0 Å². The highest BCUT2D eigenvalue weighted by atomic mass is 31.0. The Morgan fingerprint density at radius 3 is 2.88 bits per heavy atom. The molecule has 0 fully saturated rings. The van der Waals surface area contributed by atoms with Crippen molar-refractivity contribution in [2.45, 2.75) is 13.8 Å². The van der Waals surface area contributed by atoms with Crippen molar-refractivity contribution in [2.24, 2.45) is 0 Å². The molecule has 0 saturated heterocycles. The van der Waals surface area contributed by atoms with E-state index in [-0.39, 0.29) is 0 Å². The molecule has 0 aliphatic rings. The van der Waals surface area contributed by atoms with Gasteiger partial charge in [0, 0.05) is 5.39 Å². The van der Waals surface area contributed by atoms with Gasteiger partial charge in [0.1, 0.15) is 5.76 Å². The Morgan fingerprint density at radius 1 is 1.44 bits per heavy atom. The summed E-state index contributed by atoms with van der Waals surface area (Å²) in [4.78, 5) is 0. The Hall–Kier alpha value is -1.45. The van der Waals surface area contributed by atoms with Gasteiger partial charge in [-0.3, -0.25) is 0 Å². The molecule has 16 heavy (non-hydrogen) atoms. The number of terminal acetylenes is 1. The molecule has 2 aromatic rings. The first-order chi connectivity index (χ1) is 7.65. The fraction of sp³-hybridized carbons (Fsp3) is 0.231. The number of anilines is 1. The lowest BCUT2D eigenvalue weighted by molar-refractivity contribution is 0.576. The molecule has 1 heterocycles. The molecule has 0 spiro atoms. The zero-order valence-corrected chi connectivity index (χ0v) is 10.6. The second-order valence-electron chi connectivity index (χ2n) is 3.75. The largest absolute Gasteiger partial charge is 0.459 e. The highest BCUT2D eigenvalue weighted by molar-refractivity contribution is 7.28. The molecule has 82 valence electrons. The summed E-state index contributed by atoms with van der Waals surface area (Å²) in [6.45, 7) is 4.55. The molecule has 1 unspecified atom stereocenters. The summed E-state index contributed by atoms with van der Waals surface area (Å²) in [5.41, 5.74) is 3.03. The summed E-state index contributed by atoms with van der Waals surface area (Å²) in [5, 5.41) is 5.47. The lowest BCUT2D eigenvalue weighted by Gasteiger charge is -2.04. The first kappa shape index (κ1) is 11.0. The first-order valence-electron chi connectivity index (χ1n) is 5.10. The number of hydrogen-bond donors (Lipinski definition) is 1. The molecule has 2 nitrogen and oxygen atoms in total. The summed E-state index contributed by atoms with van der Waals surface area (Å²) < 4.78 is 5.76. The fourth-order valence-corrected chi connectivity index (χ4v) is 2.23. The van der Waals surface area contributed by atoms with Crippen LogP contribution >= 0.6 is 9.24 Å². The molecule has 0 saturated carbocycles. The van der Waals surface area contributed by atoms with Gasteiger partial charge in [0.05, 0.1) is 12.2 Å². The fourth-order valence-electron chi connectivity index (χ4n) is 1.78. The average Bonchev–Trinajstić information content (AvgIpc) is 2.56. The van der Waals surface area contributed by atoms with E-state index in [1.807, 2.05) is 19.1 Å². The lowest BCUT2D eigenvalue weighted by atomic mass is 10.1. The number of aryl methyl sites for hydroxylation is 2. The molecule has 3 heteroatoms. The summed E-state index contributed by atoms with van der Waals surface area (Å²) in [7, 11) is 2.73. The van der Waals surface area contributed by atoms with Crippen LogP contribution < -0.4 is 10.6 Å². The monoisotopic (exact) mass is 231 g/mol. The van der Waals surface area contributed by atoms with Gasteiger partial charge < -0.3 is 9.73 Å². The van der Waals surface area contributed by atoms with Crippen LogP contribution in [0.1, 0.15) is 11.3 Å². The van der Waals surface area contributed by atoms with Crippen molar-refractivity contribution in [3.63, 3.8) is 0 Å². The summed E-state index contributed by atoms with van der Waals surface area (Å²) in [5.74, 6) is 3.51. The van der Waals surface area contributed by atoms with E-state index in [1.165, 1.54) is 5.56 Å². The average molecular weight is 231 g/mol. The Labute approximate surface area is 97.6 Å². The molecule has 1 aromatic heterocycles. The summed E-state index contributed by atoms with van der Waals surface area (Å²) in [6, 6.07) is 4.04. The number of fused-ring (bicyclic) bond motifs is 1. The summed E-state index contributed by atoms with van der Waals surface area (Å²) in [6.07, 6.45) is 5.24. The maximum Gasteiger partial charge on any atom is 0.158 e. The van der Waals surface area contributed by atoms with Crippen LogP contribution in [0.4, 0.5) is 5.69 Å². The minimum absolute atomic E-state index is 0.504. The van der Waals surface area contributed by atoms with Gasteiger partial charge in [0.25, 0.3) is 0 Å². The van der Waals surface area contributed by atoms with E-state index in [9.17, 15) is 0 Å². The van der Waals surface area contributed by atoms with Crippen LogP contribution in [0.25, 0.3) is 11.0 Å². The normalized spacial score (nSPS) is 10.4. The first-order valence-corrected chi connectivity index (χ1v) is 5.68. The van der Waals surface area contributed by atoms with Crippen molar-refractivity contribution >= 4 is 31.2 Å². The van der Waals surface area contributed by atoms with E-state index >= 15 is 0 Å². The number of furan rings is 1. The van der Waals surface area contributed by atoms with Crippen molar-refractivity contribution < 1.29 is 4.42 Å². The van der Waals surface area contributed by atoms with Crippen molar-refractivity contribution in [3.05, 3.63) is 23.5 Å². The topological polar surface area (TPSA) is 25.2 Å². The molecule has 0 bridgehead atoms. The third-order valence-corrected chi connectivity index (χ3v) is 3.21. The highest BCUT2D eigenvalue weighted by Crippen LogP contribution is 2.30. The van der Waals surface area contributed by atoms with Crippen LogP contribution in [0, 0.1) is 26.2 Å². The zero-order chi connectivity index (χ0) is 11.7. The molecule has 0 amide bonds. The van der Waals surface area contributed by atoms with Crippen LogP contribution in [-0.2, 0) is 0 Å². The van der Waals surface area contributed by atoms with E-state index < -0.39 is 0 Å². The lowest BCUT2D eigenvalue weighted by Crippen LogP contribution is -2.01. The molecule has 1 aromatic carbocycles. The molecular formula is C13H14NOP. The van der Waals surface area contributed by atoms with E-state index in [0.717, 1.165) is 27.7 Å². The molecule has 2 rings (SSSR count). The Bertz CT molecular complexity index is 578. The standard InChI is InChI=1S/C13H14NOP/c1-4-7-14-10-5-6-11(16)12-8(2)9(3)15-13(10)12/h1,5-6,14H,7,16H2,2-3H3. The predicted octanol–water partition coefficient (Wildman–Crippen LogP) is 2.60. The minimum Gasteiger partial charge on any atom is -0.459 e.